The van der Waals surface area contributed by atoms with E-state index in [1.54, 1.807) is 24.4 Å². The van der Waals surface area contributed by atoms with E-state index >= 15 is 0 Å². The van der Waals surface area contributed by atoms with Gasteiger partial charge >= 0.3 is 0 Å². The summed E-state index contributed by atoms with van der Waals surface area (Å²) in [5.41, 5.74) is 2.70. The van der Waals surface area contributed by atoms with Crippen LogP contribution in [-0.4, -0.2) is 42.1 Å². The van der Waals surface area contributed by atoms with Gasteiger partial charge in [0.2, 0.25) is 5.88 Å². The number of halogens is 1. The van der Waals surface area contributed by atoms with Crippen molar-refractivity contribution in [3.8, 4) is 5.88 Å². The lowest BCUT2D eigenvalue weighted by atomic mass is 9.99. The number of oxime groups is 2. The zero-order chi connectivity index (χ0) is 21.7. The summed E-state index contributed by atoms with van der Waals surface area (Å²) in [6.45, 7) is 4.07. The van der Waals surface area contributed by atoms with Crippen molar-refractivity contribution < 1.29 is 19.2 Å². The third kappa shape index (κ3) is 4.88. The average molecular weight is 431 g/mol. The topological polar surface area (TPSA) is 94.4 Å². The van der Waals surface area contributed by atoms with Gasteiger partial charge in [-0.25, -0.2) is 4.98 Å². The van der Waals surface area contributed by atoms with E-state index in [2.05, 4.69) is 20.6 Å². The maximum atomic E-state index is 12.2. The van der Waals surface area contributed by atoms with Crippen molar-refractivity contribution in [2.75, 3.05) is 14.2 Å². The minimum absolute atomic E-state index is 0.138. The molecule has 1 aromatic carbocycles. The average Bonchev–Trinajstić information content (AvgIpc) is 3.10. The molecule has 0 bridgehead atoms. The van der Waals surface area contributed by atoms with Crippen molar-refractivity contribution in [1.29, 1.82) is 0 Å². The Balaban J connectivity index is 1.78. The molecule has 0 fully saturated rings. The zero-order valence-electron chi connectivity index (χ0n) is 17.2. The molecule has 1 aromatic heterocycles. The van der Waals surface area contributed by atoms with Crippen LogP contribution >= 0.6 is 11.6 Å². The number of amides is 1. The number of ether oxygens (including phenoxy) is 1. The minimum atomic E-state index is -0.368. The molecule has 0 saturated carbocycles. The molecule has 0 radical (unpaired) electrons. The number of carbonyl (C=O) groups is 1. The molecule has 0 aliphatic carbocycles. The summed E-state index contributed by atoms with van der Waals surface area (Å²) >= 11 is 6.38. The summed E-state index contributed by atoms with van der Waals surface area (Å²) in [6, 6.07) is 9.00. The van der Waals surface area contributed by atoms with Crippen LogP contribution in [0.5, 0.6) is 5.88 Å². The summed E-state index contributed by atoms with van der Waals surface area (Å²) < 4.78 is 5.82. The van der Waals surface area contributed by atoms with E-state index in [-0.39, 0.29) is 29.7 Å². The van der Waals surface area contributed by atoms with Crippen molar-refractivity contribution in [2.24, 2.45) is 10.3 Å². The minimum Gasteiger partial charge on any atom is -0.472 e. The molecule has 2 aromatic rings. The van der Waals surface area contributed by atoms with Gasteiger partial charge < -0.3 is 19.7 Å². The molecule has 158 valence electrons. The molecule has 1 amide bonds. The highest BCUT2D eigenvalue weighted by atomic mass is 35.5. The molecule has 0 saturated heterocycles. The Labute approximate surface area is 179 Å². The number of carbonyl (C=O) groups excluding carboxylic acids is 1. The maximum Gasteiger partial charge on any atom is 0.273 e. The fraction of sp³-hybridized carbons (Fsp3) is 0.333. The lowest BCUT2D eigenvalue weighted by Crippen LogP contribution is -2.29. The lowest BCUT2D eigenvalue weighted by Gasteiger charge is -2.14. The fourth-order valence-electron chi connectivity index (χ4n) is 2.94. The van der Waals surface area contributed by atoms with Crippen LogP contribution in [0.1, 0.15) is 37.0 Å². The third-order valence-electron chi connectivity index (χ3n) is 4.40. The van der Waals surface area contributed by atoms with E-state index in [9.17, 15) is 4.79 Å². The van der Waals surface area contributed by atoms with Gasteiger partial charge in [0.15, 0.2) is 5.71 Å². The summed E-state index contributed by atoms with van der Waals surface area (Å²) in [5, 5.41) is 10.9. The van der Waals surface area contributed by atoms with E-state index in [0.717, 1.165) is 16.8 Å². The first-order valence-electron chi connectivity index (χ1n) is 9.30. The van der Waals surface area contributed by atoms with Crippen LogP contribution in [0.25, 0.3) is 0 Å². The Hall–Kier alpha value is -3.13. The van der Waals surface area contributed by atoms with Crippen LogP contribution in [0.2, 0.25) is 5.02 Å². The van der Waals surface area contributed by atoms with Crippen molar-refractivity contribution in [3.05, 3.63) is 58.2 Å². The van der Waals surface area contributed by atoms with Gasteiger partial charge in [0.25, 0.3) is 5.91 Å². The Morgan fingerprint density at radius 1 is 1.37 bits per heavy atom. The van der Waals surface area contributed by atoms with E-state index in [4.69, 9.17) is 26.0 Å². The largest absolute Gasteiger partial charge is 0.472 e. The van der Waals surface area contributed by atoms with Crippen LogP contribution in [0, 0.1) is 0 Å². The Kier molecular flexibility index (Phi) is 6.56. The molecule has 3 rings (SSSR count). The Morgan fingerprint density at radius 2 is 2.13 bits per heavy atom. The van der Waals surface area contributed by atoms with Crippen LogP contribution in [-0.2, 0) is 21.1 Å². The van der Waals surface area contributed by atoms with Crippen molar-refractivity contribution >= 4 is 28.9 Å². The number of benzene rings is 1. The van der Waals surface area contributed by atoms with Gasteiger partial charge in [-0.3, -0.25) is 4.79 Å². The second-order valence-electron chi connectivity index (χ2n) is 7.22. The van der Waals surface area contributed by atoms with Crippen molar-refractivity contribution in [2.45, 2.75) is 32.5 Å². The van der Waals surface area contributed by atoms with E-state index in [1.165, 1.54) is 14.2 Å². The molecule has 30 heavy (non-hydrogen) atoms. The third-order valence-corrected chi connectivity index (χ3v) is 4.67. The van der Waals surface area contributed by atoms with Crippen LogP contribution < -0.4 is 10.1 Å². The Bertz CT molecular complexity index is 1000. The van der Waals surface area contributed by atoms with E-state index < -0.39 is 0 Å². The highest BCUT2D eigenvalue weighted by Crippen LogP contribution is 2.29. The second-order valence-corrected chi connectivity index (χ2v) is 7.63. The molecular weight excluding hydrogens is 408 g/mol. The standard InChI is InChI=1S/C21H23ClN4O4/c1-21(2)10-17(25-30-21)14-9-16(22)20(24-11-14)29-12-13-7-5-6-8-15(13)18(26-28-4)19(27)23-3/h5-9,11H,10,12H2,1-4H3,(H,23,27). The number of nitrogens with zero attached hydrogens (tertiary/aromatic N) is 3. The predicted molar refractivity (Wildman–Crippen MR) is 114 cm³/mol. The van der Waals surface area contributed by atoms with Crippen LogP contribution in [0.3, 0.4) is 0 Å². The number of likely N-dealkylation sites (N-methyl/N-ethyl adjacent to an activating group) is 1. The molecular formula is C21H23ClN4O4. The molecule has 1 aliphatic heterocycles. The van der Waals surface area contributed by atoms with Gasteiger partial charge in [-0.2, -0.15) is 0 Å². The summed E-state index contributed by atoms with van der Waals surface area (Å²) in [4.78, 5) is 26.7. The van der Waals surface area contributed by atoms with Gasteiger partial charge in [0.1, 0.15) is 24.3 Å². The Morgan fingerprint density at radius 3 is 2.77 bits per heavy atom. The number of hydrogen-bond donors (Lipinski definition) is 1. The molecule has 0 atom stereocenters. The zero-order valence-corrected chi connectivity index (χ0v) is 18.0. The smallest absolute Gasteiger partial charge is 0.273 e. The van der Waals surface area contributed by atoms with Gasteiger partial charge in [-0.05, 0) is 25.5 Å². The first-order valence-corrected chi connectivity index (χ1v) is 9.67. The lowest BCUT2D eigenvalue weighted by molar-refractivity contribution is -0.114. The van der Waals surface area contributed by atoms with E-state index in [1.807, 2.05) is 26.0 Å². The van der Waals surface area contributed by atoms with Crippen LogP contribution in [0.15, 0.2) is 46.8 Å². The second kappa shape index (κ2) is 9.13. The monoisotopic (exact) mass is 430 g/mol. The first kappa shape index (κ1) is 21.6. The molecule has 9 heteroatoms. The van der Waals surface area contributed by atoms with Gasteiger partial charge in [0, 0.05) is 30.8 Å². The first-order chi connectivity index (χ1) is 14.3. The number of rotatable bonds is 7. The maximum absolute atomic E-state index is 12.2. The van der Waals surface area contributed by atoms with Gasteiger partial charge in [-0.15, -0.1) is 0 Å². The summed E-state index contributed by atoms with van der Waals surface area (Å²) in [6.07, 6.45) is 2.32. The predicted octanol–water partition coefficient (Wildman–Crippen LogP) is 3.31. The van der Waals surface area contributed by atoms with Gasteiger partial charge in [0.05, 0.1) is 5.71 Å². The number of hydrogen-bond acceptors (Lipinski definition) is 7. The van der Waals surface area contributed by atoms with Crippen LogP contribution in [0.4, 0.5) is 0 Å². The number of nitrogens with one attached hydrogen (secondary N) is 1. The highest BCUT2D eigenvalue weighted by Gasteiger charge is 2.30. The SMILES string of the molecule is CNC(=O)C(=NOC)c1ccccc1COc1ncc(C2=NOC(C)(C)C2)cc1Cl. The molecule has 0 spiro atoms. The van der Waals surface area contributed by atoms with E-state index in [0.29, 0.717) is 17.0 Å². The van der Waals surface area contributed by atoms with Crippen molar-refractivity contribution in [1.82, 2.24) is 10.3 Å². The molecule has 2 heterocycles. The van der Waals surface area contributed by atoms with Gasteiger partial charge in [-0.1, -0.05) is 46.2 Å². The normalized spacial score (nSPS) is 15.2. The molecule has 0 unspecified atom stereocenters. The number of pyridine rings is 1. The molecule has 8 nitrogen and oxygen atoms in total. The van der Waals surface area contributed by atoms with Crippen molar-refractivity contribution in [3.63, 3.8) is 0 Å². The number of aromatic nitrogens is 1. The fourth-order valence-corrected chi connectivity index (χ4v) is 3.16. The summed E-state index contributed by atoms with van der Waals surface area (Å²) in [5.74, 6) is -0.0912. The molecule has 1 N–H and O–H groups in total. The molecule has 1 aliphatic rings. The summed E-state index contributed by atoms with van der Waals surface area (Å²) in [7, 11) is 2.91. The quantitative estimate of drug-likeness (QED) is 0.537. The highest BCUT2D eigenvalue weighted by molar-refractivity contribution is 6.45.